The predicted octanol–water partition coefficient (Wildman–Crippen LogP) is 3.70. The van der Waals surface area contributed by atoms with Gasteiger partial charge in [0.05, 0.1) is 17.8 Å². The van der Waals surface area contributed by atoms with Crippen LogP contribution in [0.3, 0.4) is 0 Å². The van der Waals surface area contributed by atoms with Crippen molar-refractivity contribution in [2.45, 2.75) is 6.42 Å². The molecular formula is C26H21N3O5. The number of amides is 1. The van der Waals surface area contributed by atoms with Crippen LogP contribution in [0, 0.1) is 0 Å². The smallest absolute Gasteiger partial charge is 0.307 e. The third kappa shape index (κ3) is 4.56. The summed E-state index contributed by atoms with van der Waals surface area (Å²) in [7, 11) is 1.46. The summed E-state index contributed by atoms with van der Waals surface area (Å²) in [4.78, 5) is 37.7. The Morgan fingerprint density at radius 1 is 0.941 bits per heavy atom. The molecule has 0 radical (unpaired) electrons. The van der Waals surface area contributed by atoms with Crippen LogP contribution in [-0.4, -0.2) is 31.9 Å². The maximum absolute atomic E-state index is 13.5. The second-order valence-corrected chi connectivity index (χ2v) is 7.64. The number of aromatic nitrogens is 2. The Morgan fingerprint density at radius 3 is 2.18 bits per heavy atom. The first kappa shape index (κ1) is 22.5. The second-order valence-electron chi connectivity index (χ2n) is 7.64. The molecule has 3 aromatic carbocycles. The average Bonchev–Trinajstić information content (AvgIpc) is 2.83. The van der Waals surface area contributed by atoms with E-state index in [4.69, 9.17) is 5.11 Å². The van der Waals surface area contributed by atoms with Gasteiger partial charge in [0.25, 0.3) is 11.5 Å². The fraction of sp³-hybridized carbons (Fsp3) is 0.0769. The molecule has 3 N–H and O–H groups in total. The lowest BCUT2D eigenvalue weighted by molar-refractivity contribution is -0.136. The van der Waals surface area contributed by atoms with Crippen LogP contribution in [0.2, 0.25) is 0 Å². The monoisotopic (exact) mass is 455 g/mol. The number of anilines is 1. The number of nitrogens with zero attached hydrogens (tertiary/aromatic N) is 2. The molecule has 1 aromatic heterocycles. The number of rotatable bonds is 6. The zero-order valence-corrected chi connectivity index (χ0v) is 18.2. The summed E-state index contributed by atoms with van der Waals surface area (Å²) in [6.45, 7) is 0. The minimum atomic E-state index is -1.05. The summed E-state index contributed by atoms with van der Waals surface area (Å²) >= 11 is 0. The first-order chi connectivity index (χ1) is 16.3. The van der Waals surface area contributed by atoms with Gasteiger partial charge in [-0.1, -0.05) is 66.7 Å². The normalized spacial score (nSPS) is 10.6. The topological polar surface area (TPSA) is 122 Å². The maximum Gasteiger partial charge on any atom is 0.307 e. The molecule has 0 bridgehead atoms. The van der Waals surface area contributed by atoms with Gasteiger partial charge in [-0.3, -0.25) is 14.4 Å². The third-order valence-electron chi connectivity index (χ3n) is 5.25. The first-order valence-electron chi connectivity index (χ1n) is 10.4. The van der Waals surface area contributed by atoms with Crippen molar-refractivity contribution in [3.63, 3.8) is 0 Å². The summed E-state index contributed by atoms with van der Waals surface area (Å²) in [5.74, 6) is -2.05. The lowest BCUT2D eigenvalue weighted by Crippen LogP contribution is -2.31. The van der Waals surface area contributed by atoms with Gasteiger partial charge < -0.3 is 15.5 Å². The number of carbonyl (C=O) groups is 2. The number of carboxylic acids is 1. The van der Waals surface area contributed by atoms with Gasteiger partial charge in [0.15, 0.2) is 0 Å². The van der Waals surface area contributed by atoms with Crippen molar-refractivity contribution >= 4 is 17.6 Å². The van der Waals surface area contributed by atoms with Crippen LogP contribution in [0.4, 0.5) is 5.69 Å². The minimum absolute atomic E-state index is 0.00267. The highest BCUT2D eigenvalue weighted by molar-refractivity contribution is 6.10. The van der Waals surface area contributed by atoms with Gasteiger partial charge in [-0.25, -0.2) is 4.68 Å². The Morgan fingerprint density at radius 2 is 1.56 bits per heavy atom. The molecule has 170 valence electrons. The number of carboxylic acid groups (broad SMARTS) is 1. The van der Waals surface area contributed by atoms with Crippen molar-refractivity contribution in [2.24, 2.45) is 7.05 Å². The quantitative estimate of drug-likeness (QED) is 0.381. The fourth-order valence-corrected chi connectivity index (χ4v) is 3.68. The molecule has 8 heteroatoms. The van der Waals surface area contributed by atoms with Crippen molar-refractivity contribution in [3.8, 4) is 28.1 Å². The number of phenols is 1. The van der Waals surface area contributed by atoms with E-state index in [0.717, 1.165) is 10.2 Å². The molecule has 1 heterocycles. The van der Waals surface area contributed by atoms with Gasteiger partial charge in [-0.2, -0.15) is 5.10 Å². The highest BCUT2D eigenvalue weighted by Gasteiger charge is 2.25. The van der Waals surface area contributed by atoms with Crippen LogP contribution < -0.4 is 10.9 Å². The number of hydrogen-bond donors (Lipinski definition) is 3. The molecule has 0 spiro atoms. The van der Waals surface area contributed by atoms with Crippen LogP contribution in [0.1, 0.15) is 15.9 Å². The Labute approximate surface area is 194 Å². The summed E-state index contributed by atoms with van der Waals surface area (Å²) in [6, 6.07) is 22.3. The number of hydrogen-bond acceptors (Lipinski definition) is 5. The zero-order valence-electron chi connectivity index (χ0n) is 18.2. The van der Waals surface area contributed by atoms with E-state index in [2.05, 4.69) is 10.4 Å². The molecule has 1 amide bonds. The molecule has 0 fully saturated rings. The third-order valence-corrected chi connectivity index (χ3v) is 5.25. The summed E-state index contributed by atoms with van der Waals surface area (Å²) in [5, 5.41) is 26.3. The Balaban J connectivity index is 1.90. The molecule has 4 aromatic rings. The number of phenolic OH excluding ortho intramolecular Hbond substituents is 1. The Hall–Kier alpha value is -4.72. The van der Waals surface area contributed by atoms with Crippen molar-refractivity contribution in [1.82, 2.24) is 9.78 Å². The molecule has 8 nitrogen and oxygen atoms in total. The van der Waals surface area contributed by atoms with Crippen molar-refractivity contribution in [3.05, 3.63) is 100 Å². The largest absolute Gasteiger partial charge is 0.506 e. The molecular weight excluding hydrogens is 434 g/mol. The SMILES string of the molecule is Cn1nc(-c2ccccc2)c(-c2ccccc2)c(C(=O)Nc2cc(CC(=O)O)ccc2O)c1=O. The molecule has 34 heavy (non-hydrogen) atoms. The van der Waals surface area contributed by atoms with E-state index in [-0.39, 0.29) is 23.4 Å². The van der Waals surface area contributed by atoms with Gasteiger partial charge in [-0.15, -0.1) is 0 Å². The van der Waals surface area contributed by atoms with E-state index in [1.165, 1.54) is 25.2 Å². The molecule has 4 rings (SSSR count). The lowest BCUT2D eigenvalue weighted by atomic mass is 9.95. The summed E-state index contributed by atoms with van der Waals surface area (Å²) < 4.78 is 1.10. The molecule has 0 saturated carbocycles. The van der Waals surface area contributed by atoms with E-state index >= 15 is 0 Å². The molecule has 0 aliphatic heterocycles. The number of nitrogens with one attached hydrogen (secondary N) is 1. The molecule has 0 unspecified atom stereocenters. The number of carbonyl (C=O) groups excluding carboxylic acids is 1. The number of aliphatic carboxylic acids is 1. The van der Waals surface area contributed by atoms with E-state index in [1.807, 2.05) is 36.4 Å². The Bertz CT molecular complexity index is 1430. The van der Waals surface area contributed by atoms with Crippen molar-refractivity contribution < 1.29 is 19.8 Å². The van der Waals surface area contributed by atoms with E-state index < -0.39 is 17.4 Å². The number of aromatic hydroxyl groups is 1. The van der Waals surface area contributed by atoms with Gasteiger partial charge >= 0.3 is 5.97 Å². The van der Waals surface area contributed by atoms with Crippen molar-refractivity contribution in [1.29, 1.82) is 0 Å². The lowest BCUT2D eigenvalue weighted by Gasteiger charge is -2.16. The van der Waals surface area contributed by atoms with E-state index in [0.29, 0.717) is 22.4 Å². The van der Waals surface area contributed by atoms with Gasteiger partial charge in [0, 0.05) is 18.2 Å². The van der Waals surface area contributed by atoms with Crippen LogP contribution >= 0.6 is 0 Å². The molecule has 0 saturated heterocycles. The van der Waals surface area contributed by atoms with E-state index in [1.54, 1.807) is 24.3 Å². The fourth-order valence-electron chi connectivity index (χ4n) is 3.68. The number of aryl methyl sites for hydroxylation is 1. The predicted molar refractivity (Wildman–Crippen MR) is 128 cm³/mol. The van der Waals surface area contributed by atoms with Gasteiger partial charge in [0.1, 0.15) is 11.3 Å². The summed E-state index contributed by atoms with van der Waals surface area (Å²) in [5.41, 5.74) is 1.77. The van der Waals surface area contributed by atoms with Crippen LogP contribution in [-0.2, 0) is 18.3 Å². The minimum Gasteiger partial charge on any atom is -0.506 e. The zero-order chi connectivity index (χ0) is 24.2. The van der Waals surface area contributed by atoms with Gasteiger partial charge in [-0.05, 0) is 23.3 Å². The molecule has 0 atom stereocenters. The Kier molecular flexibility index (Phi) is 6.22. The van der Waals surface area contributed by atoms with Crippen molar-refractivity contribution in [2.75, 3.05) is 5.32 Å². The highest BCUT2D eigenvalue weighted by atomic mass is 16.4. The van der Waals surface area contributed by atoms with Crippen LogP contribution in [0.5, 0.6) is 5.75 Å². The van der Waals surface area contributed by atoms with Crippen LogP contribution in [0.25, 0.3) is 22.4 Å². The average molecular weight is 455 g/mol. The molecule has 0 aliphatic rings. The second kappa shape index (κ2) is 9.41. The highest BCUT2D eigenvalue weighted by Crippen LogP contribution is 2.33. The van der Waals surface area contributed by atoms with Gasteiger partial charge in [0.2, 0.25) is 0 Å². The standard InChI is InChI=1S/C26H21N3O5/c1-29-26(34)23(25(33)27-19-14-16(15-21(31)32)12-13-20(19)30)22(17-8-4-2-5-9-17)24(28-29)18-10-6-3-7-11-18/h2-14,30H,15H2,1H3,(H,27,33)(H,31,32). The first-order valence-corrected chi connectivity index (χ1v) is 10.4. The molecule has 0 aliphatic carbocycles. The van der Waals surface area contributed by atoms with Crippen LogP contribution in [0.15, 0.2) is 83.7 Å². The number of benzene rings is 3. The maximum atomic E-state index is 13.5. The summed E-state index contributed by atoms with van der Waals surface area (Å²) in [6.07, 6.45) is -0.284. The van der Waals surface area contributed by atoms with E-state index in [9.17, 15) is 19.5 Å².